The van der Waals surface area contributed by atoms with E-state index in [1.54, 1.807) is 0 Å². The molecule has 3 heteroatoms. The van der Waals surface area contributed by atoms with Gasteiger partial charge in [-0.05, 0) is 85.4 Å². The van der Waals surface area contributed by atoms with E-state index in [9.17, 15) is 0 Å². The molecule has 0 unspecified atom stereocenters. The monoisotopic (exact) mass is 682 g/mol. The molecule has 246 valence electrons. The van der Waals surface area contributed by atoms with Crippen LogP contribution in [0.5, 0.6) is 0 Å². The zero-order chi connectivity index (χ0) is 34.8. The van der Waals surface area contributed by atoms with E-state index >= 15 is 0 Å². The fraction of sp³-hybridized carbons (Fsp3) is 0.0612. The van der Waals surface area contributed by atoms with Gasteiger partial charge in [-0.25, -0.2) is 9.97 Å². The molecule has 2 heterocycles. The summed E-state index contributed by atoms with van der Waals surface area (Å²) in [5.74, 6) is 0.725. The molecule has 0 amide bonds. The molecule has 2 nitrogen and oxygen atoms in total. The summed E-state index contributed by atoms with van der Waals surface area (Å²) in [4.78, 5) is 11.7. The molecule has 0 atom stereocenters. The van der Waals surface area contributed by atoms with E-state index in [4.69, 9.17) is 9.97 Å². The van der Waals surface area contributed by atoms with Crippen LogP contribution in [-0.2, 0) is 5.41 Å². The summed E-state index contributed by atoms with van der Waals surface area (Å²) in [5.41, 5.74) is 13.8. The molecule has 0 spiro atoms. The van der Waals surface area contributed by atoms with E-state index in [0.29, 0.717) is 0 Å². The molecule has 7 aromatic carbocycles. The van der Waals surface area contributed by atoms with Gasteiger partial charge in [0.15, 0.2) is 5.82 Å². The van der Waals surface area contributed by atoms with Crippen LogP contribution in [0.4, 0.5) is 0 Å². The number of fused-ring (bicyclic) bond motifs is 5. The molecule has 0 fully saturated rings. The largest absolute Gasteiger partial charge is 0.228 e. The van der Waals surface area contributed by atoms with Gasteiger partial charge in [0.1, 0.15) is 0 Å². The molecule has 0 bridgehead atoms. The van der Waals surface area contributed by atoms with Gasteiger partial charge in [0, 0.05) is 31.7 Å². The second kappa shape index (κ2) is 12.0. The van der Waals surface area contributed by atoms with Crippen LogP contribution < -0.4 is 0 Å². The van der Waals surface area contributed by atoms with E-state index in [2.05, 4.69) is 178 Å². The minimum absolute atomic E-state index is 0.130. The Morgan fingerprint density at radius 2 is 1.04 bits per heavy atom. The molecule has 0 radical (unpaired) electrons. The van der Waals surface area contributed by atoms with E-state index < -0.39 is 0 Å². The molecule has 1 aliphatic rings. The molecule has 9 aromatic rings. The van der Waals surface area contributed by atoms with E-state index in [-0.39, 0.29) is 5.41 Å². The molecular formula is C49H34N2S. The number of hydrogen-bond acceptors (Lipinski definition) is 3. The highest BCUT2D eigenvalue weighted by Gasteiger charge is 2.37. The van der Waals surface area contributed by atoms with E-state index in [0.717, 1.165) is 33.9 Å². The van der Waals surface area contributed by atoms with Gasteiger partial charge in [-0.15, -0.1) is 11.3 Å². The van der Waals surface area contributed by atoms with Crippen molar-refractivity contribution in [3.05, 3.63) is 181 Å². The summed E-state index contributed by atoms with van der Waals surface area (Å²) in [7, 11) is 0. The first-order chi connectivity index (χ1) is 25.5. The summed E-state index contributed by atoms with van der Waals surface area (Å²) in [5, 5.41) is 3.82. The van der Waals surface area contributed by atoms with Crippen molar-refractivity contribution in [2.24, 2.45) is 0 Å². The second-order valence-corrected chi connectivity index (χ2v) is 15.3. The molecule has 1 aliphatic carbocycles. The van der Waals surface area contributed by atoms with Crippen molar-refractivity contribution in [2.45, 2.75) is 19.3 Å². The summed E-state index contributed by atoms with van der Waals surface area (Å²) < 4.78 is 1.32. The number of aromatic nitrogens is 2. The average molecular weight is 683 g/mol. The zero-order valence-electron chi connectivity index (χ0n) is 29.0. The quantitative estimate of drug-likeness (QED) is 0.181. The molecule has 0 aliphatic heterocycles. The first kappa shape index (κ1) is 30.6. The van der Waals surface area contributed by atoms with Crippen LogP contribution in [0.15, 0.2) is 170 Å². The second-order valence-electron chi connectivity index (χ2n) is 14.2. The summed E-state index contributed by atoms with van der Waals surface area (Å²) in [6.07, 6.45) is 0. The van der Waals surface area contributed by atoms with Crippen LogP contribution in [0, 0.1) is 0 Å². The summed E-state index contributed by atoms with van der Waals surface area (Å²) in [6, 6.07) is 61.2. The predicted molar refractivity (Wildman–Crippen MR) is 220 cm³/mol. The Bertz CT molecular complexity index is 2760. The third-order valence-electron chi connectivity index (χ3n) is 10.7. The Balaban J connectivity index is 1.06. The van der Waals surface area contributed by atoms with Crippen molar-refractivity contribution in [3.63, 3.8) is 0 Å². The molecule has 0 saturated carbocycles. The van der Waals surface area contributed by atoms with Gasteiger partial charge in [-0.1, -0.05) is 153 Å². The predicted octanol–water partition coefficient (Wildman–Crippen LogP) is 13.5. The fourth-order valence-electron chi connectivity index (χ4n) is 7.92. The lowest BCUT2D eigenvalue weighted by atomic mass is 9.81. The molecule has 2 aromatic heterocycles. The Kier molecular flexibility index (Phi) is 7.06. The Hall–Kier alpha value is -6.16. The lowest BCUT2D eigenvalue weighted by Crippen LogP contribution is -2.14. The molecule has 0 N–H and O–H groups in total. The number of nitrogens with zero attached hydrogens (tertiary/aromatic N) is 2. The molecular weight excluding hydrogens is 649 g/mol. The lowest BCUT2D eigenvalue weighted by molar-refractivity contribution is 0.661. The van der Waals surface area contributed by atoms with Gasteiger partial charge in [0.25, 0.3) is 0 Å². The third-order valence-corrected chi connectivity index (χ3v) is 11.9. The van der Waals surface area contributed by atoms with Crippen LogP contribution >= 0.6 is 11.3 Å². The van der Waals surface area contributed by atoms with Crippen molar-refractivity contribution in [2.75, 3.05) is 0 Å². The lowest BCUT2D eigenvalue weighted by Gasteiger charge is -2.22. The Morgan fingerprint density at radius 1 is 0.423 bits per heavy atom. The van der Waals surface area contributed by atoms with Gasteiger partial charge in [0.2, 0.25) is 0 Å². The van der Waals surface area contributed by atoms with Gasteiger partial charge >= 0.3 is 0 Å². The highest BCUT2D eigenvalue weighted by molar-refractivity contribution is 7.22. The van der Waals surface area contributed by atoms with Crippen LogP contribution in [0.1, 0.15) is 25.0 Å². The first-order valence-electron chi connectivity index (χ1n) is 17.8. The normalized spacial score (nSPS) is 13.0. The SMILES string of the molecule is CC1(C)c2cc3ccccc3cc2-c2c(-c3cc(-c4ccc(-c5ccc(-c6cc7ccccc7s6)cc5)cc4)nc(-c4ccccc4)n3)cccc21. The zero-order valence-corrected chi connectivity index (χ0v) is 29.8. The highest BCUT2D eigenvalue weighted by Crippen LogP contribution is 2.53. The minimum atomic E-state index is -0.130. The van der Waals surface area contributed by atoms with Crippen LogP contribution in [-0.4, -0.2) is 9.97 Å². The highest BCUT2D eigenvalue weighted by atomic mass is 32.1. The van der Waals surface area contributed by atoms with Crippen molar-refractivity contribution < 1.29 is 0 Å². The standard InChI is InChI=1S/C49H34N2S/c1-49(2)41-17-10-16-39(47(41)40-27-36-13-6-7-14-37(36)28-42(40)49)44-30-43(50-48(51-44)35-11-4-3-5-12-35)33-23-19-31(20-24-33)32-21-25-34(26-22-32)46-29-38-15-8-9-18-45(38)52-46/h3-30H,1-2H3. The minimum Gasteiger partial charge on any atom is -0.228 e. The Labute approximate surface area is 307 Å². The topological polar surface area (TPSA) is 25.8 Å². The molecule has 0 saturated heterocycles. The van der Waals surface area contributed by atoms with Gasteiger partial charge in [-0.3, -0.25) is 0 Å². The first-order valence-corrected chi connectivity index (χ1v) is 18.6. The van der Waals surface area contributed by atoms with Crippen LogP contribution in [0.25, 0.3) is 87.5 Å². The number of hydrogen-bond donors (Lipinski definition) is 0. The molecule has 10 rings (SSSR count). The van der Waals surface area contributed by atoms with Crippen molar-refractivity contribution in [1.82, 2.24) is 9.97 Å². The van der Waals surface area contributed by atoms with Crippen LogP contribution in [0.2, 0.25) is 0 Å². The van der Waals surface area contributed by atoms with Gasteiger partial charge in [-0.2, -0.15) is 0 Å². The smallest absolute Gasteiger partial charge is 0.160 e. The maximum atomic E-state index is 5.26. The number of rotatable bonds is 5. The van der Waals surface area contributed by atoms with Gasteiger partial charge in [0.05, 0.1) is 11.4 Å². The fourth-order valence-corrected chi connectivity index (χ4v) is 8.99. The average Bonchev–Trinajstić information content (AvgIpc) is 3.74. The summed E-state index contributed by atoms with van der Waals surface area (Å²) >= 11 is 1.84. The summed E-state index contributed by atoms with van der Waals surface area (Å²) in [6.45, 7) is 4.69. The molecule has 52 heavy (non-hydrogen) atoms. The van der Waals surface area contributed by atoms with Crippen molar-refractivity contribution >= 4 is 32.2 Å². The van der Waals surface area contributed by atoms with E-state index in [1.165, 1.54) is 64.7 Å². The van der Waals surface area contributed by atoms with Crippen molar-refractivity contribution in [1.29, 1.82) is 0 Å². The maximum absolute atomic E-state index is 5.26. The number of benzene rings is 7. The number of thiophene rings is 1. The van der Waals surface area contributed by atoms with E-state index in [1.807, 2.05) is 17.4 Å². The van der Waals surface area contributed by atoms with Crippen molar-refractivity contribution in [3.8, 4) is 66.6 Å². The third kappa shape index (κ3) is 5.08. The van der Waals surface area contributed by atoms with Crippen LogP contribution in [0.3, 0.4) is 0 Å². The maximum Gasteiger partial charge on any atom is 0.160 e. The Morgan fingerprint density at radius 3 is 1.77 bits per heavy atom. The van der Waals surface area contributed by atoms with Gasteiger partial charge < -0.3 is 0 Å².